The summed E-state index contributed by atoms with van der Waals surface area (Å²) in [7, 11) is 0. The summed E-state index contributed by atoms with van der Waals surface area (Å²) in [4.78, 5) is 11.1. The highest BCUT2D eigenvalue weighted by Gasteiger charge is 2.15. The Balaban J connectivity index is 3.14. The van der Waals surface area contributed by atoms with Crippen LogP contribution in [0.15, 0.2) is 18.2 Å². The molecule has 0 bridgehead atoms. The SMILES string of the molecule is CC(=O)C(C#N)c1ccc(C)c(C)c1. The molecule has 0 radical (unpaired) electrons. The van der Waals surface area contributed by atoms with Crippen molar-refractivity contribution in [1.29, 1.82) is 5.26 Å². The number of carbonyl (C=O) groups excluding carboxylic acids is 1. The zero-order chi connectivity index (χ0) is 10.7. The Bertz CT molecular complexity index is 401. The highest BCUT2D eigenvalue weighted by Crippen LogP contribution is 2.19. The van der Waals surface area contributed by atoms with Crippen LogP contribution in [0.1, 0.15) is 29.5 Å². The van der Waals surface area contributed by atoms with Crippen molar-refractivity contribution < 1.29 is 4.79 Å². The Labute approximate surface area is 84.2 Å². The maximum absolute atomic E-state index is 11.1. The Morgan fingerprint density at radius 2 is 2.00 bits per heavy atom. The zero-order valence-electron chi connectivity index (χ0n) is 8.66. The van der Waals surface area contributed by atoms with Crippen LogP contribution < -0.4 is 0 Å². The molecule has 1 aromatic rings. The van der Waals surface area contributed by atoms with Gasteiger partial charge in [-0.1, -0.05) is 18.2 Å². The van der Waals surface area contributed by atoms with Gasteiger partial charge in [-0.15, -0.1) is 0 Å². The van der Waals surface area contributed by atoms with Crippen LogP contribution in [0.3, 0.4) is 0 Å². The summed E-state index contributed by atoms with van der Waals surface area (Å²) in [5.41, 5.74) is 3.08. The predicted molar refractivity (Wildman–Crippen MR) is 55.0 cm³/mol. The van der Waals surface area contributed by atoms with Gasteiger partial charge in [-0.3, -0.25) is 4.79 Å². The molecule has 0 saturated carbocycles. The molecule has 1 unspecified atom stereocenters. The molecule has 1 atom stereocenters. The van der Waals surface area contributed by atoms with Gasteiger partial charge >= 0.3 is 0 Å². The molecular weight excluding hydrogens is 174 g/mol. The van der Waals surface area contributed by atoms with E-state index in [0.29, 0.717) is 0 Å². The lowest BCUT2D eigenvalue weighted by Gasteiger charge is -2.07. The summed E-state index contributed by atoms with van der Waals surface area (Å²) < 4.78 is 0. The summed E-state index contributed by atoms with van der Waals surface area (Å²) in [5, 5.41) is 8.84. The van der Waals surface area contributed by atoms with Crippen LogP contribution >= 0.6 is 0 Å². The summed E-state index contributed by atoms with van der Waals surface area (Å²) >= 11 is 0. The number of ketones is 1. The molecule has 2 nitrogen and oxygen atoms in total. The van der Waals surface area contributed by atoms with E-state index in [0.717, 1.165) is 11.1 Å². The van der Waals surface area contributed by atoms with E-state index >= 15 is 0 Å². The smallest absolute Gasteiger partial charge is 0.151 e. The standard InChI is InChI=1S/C12H13NO/c1-8-4-5-11(6-9(8)2)12(7-13)10(3)14/h4-6,12H,1-3H3. The highest BCUT2D eigenvalue weighted by atomic mass is 16.1. The number of rotatable bonds is 2. The Morgan fingerprint density at radius 3 is 2.43 bits per heavy atom. The number of hydrogen-bond donors (Lipinski definition) is 0. The topological polar surface area (TPSA) is 40.9 Å². The second-order valence-corrected chi connectivity index (χ2v) is 3.52. The fourth-order valence-corrected chi connectivity index (χ4v) is 1.34. The lowest BCUT2D eigenvalue weighted by Crippen LogP contribution is -2.06. The van der Waals surface area contributed by atoms with Crippen molar-refractivity contribution in [2.24, 2.45) is 0 Å². The Kier molecular flexibility index (Phi) is 3.03. The first-order valence-corrected chi connectivity index (χ1v) is 4.53. The number of nitrogens with zero attached hydrogens (tertiary/aromatic N) is 1. The molecule has 0 saturated heterocycles. The van der Waals surface area contributed by atoms with Gasteiger partial charge in [0.15, 0.2) is 5.78 Å². The maximum Gasteiger partial charge on any atom is 0.151 e. The number of nitriles is 1. The summed E-state index contributed by atoms with van der Waals surface area (Å²) in [6, 6.07) is 7.71. The highest BCUT2D eigenvalue weighted by molar-refractivity contribution is 5.86. The van der Waals surface area contributed by atoms with Gasteiger partial charge in [0.25, 0.3) is 0 Å². The molecule has 0 N–H and O–H groups in total. The minimum atomic E-state index is -0.616. The van der Waals surface area contributed by atoms with E-state index in [2.05, 4.69) is 0 Å². The first-order chi connectivity index (χ1) is 6.56. The molecule has 0 aromatic heterocycles. The van der Waals surface area contributed by atoms with Crippen molar-refractivity contribution >= 4 is 5.78 Å². The monoisotopic (exact) mass is 187 g/mol. The average Bonchev–Trinajstić information content (AvgIpc) is 2.11. The molecule has 1 aromatic carbocycles. The van der Waals surface area contributed by atoms with Gasteiger partial charge in [-0.2, -0.15) is 5.26 Å². The lowest BCUT2D eigenvalue weighted by atomic mass is 9.94. The minimum Gasteiger partial charge on any atom is -0.298 e. The van der Waals surface area contributed by atoms with Gasteiger partial charge in [0.2, 0.25) is 0 Å². The van der Waals surface area contributed by atoms with Crippen molar-refractivity contribution in [2.45, 2.75) is 26.7 Å². The molecule has 14 heavy (non-hydrogen) atoms. The van der Waals surface area contributed by atoms with E-state index < -0.39 is 5.92 Å². The molecule has 72 valence electrons. The number of hydrogen-bond acceptors (Lipinski definition) is 2. The van der Waals surface area contributed by atoms with Crippen molar-refractivity contribution in [3.63, 3.8) is 0 Å². The molecule has 0 amide bonds. The van der Waals surface area contributed by atoms with Crippen LogP contribution in [-0.2, 0) is 4.79 Å². The second kappa shape index (κ2) is 4.06. The van der Waals surface area contributed by atoms with Crippen LogP contribution in [0.2, 0.25) is 0 Å². The van der Waals surface area contributed by atoms with Gasteiger partial charge in [0, 0.05) is 0 Å². The quantitative estimate of drug-likeness (QED) is 0.713. The molecule has 0 aliphatic rings. The van der Waals surface area contributed by atoms with E-state index in [1.165, 1.54) is 12.5 Å². The van der Waals surface area contributed by atoms with Gasteiger partial charge in [0.05, 0.1) is 6.07 Å². The molecule has 1 rings (SSSR count). The van der Waals surface area contributed by atoms with Crippen molar-refractivity contribution in [3.8, 4) is 6.07 Å². The third-order valence-electron chi connectivity index (χ3n) is 2.40. The van der Waals surface area contributed by atoms with Gasteiger partial charge < -0.3 is 0 Å². The van der Waals surface area contributed by atoms with E-state index in [4.69, 9.17) is 5.26 Å². The van der Waals surface area contributed by atoms with E-state index in [1.54, 1.807) is 0 Å². The minimum absolute atomic E-state index is 0.101. The Hall–Kier alpha value is -1.62. The van der Waals surface area contributed by atoms with Crippen LogP contribution in [0.5, 0.6) is 0 Å². The third kappa shape index (κ3) is 2.00. The largest absolute Gasteiger partial charge is 0.298 e. The predicted octanol–water partition coefficient (Wildman–Crippen LogP) is 2.50. The first kappa shape index (κ1) is 10.5. The van der Waals surface area contributed by atoms with Gasteiger partial charge in [-0.25, -0.2) is 0 Å². The molecule has 0 spiro atoms. The summed E-state index contributed by atoms with van der Waals surface area (Å²) in [6.07, 6.45) is 0. The van der Waals surface area contributed by atoms with Crippen LogP contribution in [0.25, 0.3) is 0 Å². The molecular formula is C12H13NO. The first-order valence-electron chi connectivity index (χ1n) is 4.53. The number of benzene rings is 1. The second-order valence-electron chi connectivity index (χ2n) is 3.52. The van der Waals surface area contributed by atoms with Crippen LogP contribution in [0, 0.1) is 25.2 Å². The summed E-state index contributed by atoms with van der Waals surface area (Å²) in [5.74, 6) is -0.718. The van der Waals surface area contributed by atoms with Crippen molar-refractivity contribution in [1.82, 2.24) is 0 Å². The van der Waals surface area contributed by atoms with Crippen molar-refractivity contribution in [3.05, 3.63) is 34.9 Å². The number of carbonyl (C=O) groups is 1. The van der Waals surface area contributed by atoms with E-state index in [9.17, 15) is 4.79 Å². The van der Waals surface area contributed by atoms with E-state index in [-0.39, 0.29) is 5.78 Å². The van der Waals surface area contributed by atoms with Gasteiger partial charge in [-0.05, 0) is 37.5 Å². The fraction of sp³-hybridized carbons (Fsp3) is 0.333. The third-order valence-corrected chi connectivity index (χ3v) is 2.40. The van der Waals surface area contributed by atoms with Gasteiger partial charge in [0.1, 0.15) is 5.92 Å². The van der Waals surface area contributed by atoms with Crippen LogP contribution in [-0.4, -0.2) is 5.78 Å². The van der Waals surface area contributed by atoms with E-state index in [1.807, 2.05) is 38.1 Å². The molecule has 0 fully saturated rings. The molecule has 2 heteroatoms. The Morgan fingerprint density at radius 1 is 1.36 bits per heavy atom. The normalized spacial score (nSPS) is 11.9. The maximum atomic E-state index is 11.1. The van der Waals surface area contributed by atoms with Crippen molar-refractivity contribution in [2.75, 3.05) is 0 Å². The fourth-order valence-electron chi connectivity index (χ4n) is 1.34. The molecule has 0 heterocycles. The number of Topliss-reactive ketones (excluding diaryl/α,β-unsaturated/α-hetero) is 1. The summed E-state index contributed by atoms with van der Waals surface area (Å²) in [6.45, 7) is 5.44. The lowest BCUT2D eigenvalue weighted by molar-refractivity contribution is -0.117. The van der Waals surface area contributed by atoms with Crippen LogP contribution in [0.4, 0.5) is 0 Å². The number of aryl methyl sites for hydroxylation is 2. The molecule has 0 aliphatic heterocycles. The average molecular weight is 187 g/mol. The zero-order valence-corrected chi connectivity index (χ0v) is 8.66. The molecule has 0 aliphatic carbocycles.